The van der Waals surface area contributed by atoms with Gasteiger partial charge >= 0.3 is 0 Å². The molecule has 0 atom stereocenters. The van der Waals surface area contributed by atoms with Gasteiger partial charge in [-0.15, -0.1) is 11.8 Å². The van der Waals surface area contributed by atoms with E-state index in [0.717, 1.165) is 22.0 Å². The van der Waals surface area contributed by atoms with Crippen molar-refractivity contribution in [2.24, 2.45) is 0 Å². The van der Waals surface area contributed by atoms with Gasteiger partial charge < -0.3 is 5.11 Å². The van der Waals surface area contributed by atoms with Crippen molar-refractivity contribution >= 4 is 11.8 Å². The Labute approximate surface area is 121 Å². The van der Waals surface area contributed by atoms with Crippen molar-refractivity contribution in [2.45, 2.75) is 10.6 Å². The molecular weight excluding hydrogens is 270 g/mol. The highest BCUT2D eigenvalue weighted by atomic mass is 32.2. The SMILES string of the molecule is Oc1ccc(SCc2cnn(-c3ccccc3)n2)cc1. The van der Waals surface area contributed by atoms with Gasteiger partial charge in [0.1, 0.15) is 5.75 Å². The smallest absolute Gasteiger partial charge is 0.115 e. The highest BCUT2D eigenvalue weighted by molar-refractivity contribution is 7.98. The molecule has 0 amide bonds. The minimum atomic E-state index is 0.282. The van der Waals surface area contributed by atoms with Crippen LogP contribution in [0.4, 0.5) is 0 Å². The van der Waals surface area contributed by atoms with Crippen molar-refractivity contribution in [3.63, 3.8) is 0 Å². The van der Waals surface area contributed by atoms with Gasteiger partial charge in [0.2, 0.25) is 0 Å². The van der Waals surface area contributed by atoms with E-state index in [4.69, 9.17) is 0 Å². The zero-order valence-electron chi connectivity index (χ0n) is 10.7. The average molecular weight is 283 g/mol. The number of phenols is 1. The first-order chi connectivity index (χ1) is 9.81. The second kappa shape index (κ2) is 5.79. The number of rotatable bonds is 4. The number of thioether (sulfide) groups is 1. The maximum atomic E-state index is 9.24. The minimum absolute atomic E-state index is 0.282. The lowest BCUT2D eigenvalue weighted by Crippen LogP contribution is -1.98. The molecule has 2 aromatic carbocycles. The van der Waals surface area contributed by atoms with Gasteiger partial charge in [0.05, 0.1) is 17.6 Å². The molecule has 0 unspecified atom stereocenters. The fourth-order valence-electron chi connectivity index (χ4n) is 1.75. The van der Waals surface area contributed by atoms with E-state index in [1.54, 1.807) is 34.9 Å². The molecule has 3 aromatic rings. The summed E-state index contributed by atoms with van der Waals surface area (Å²) in [5, 5.41) is 17.9. The second-order valence-corrected chi connectivity index (χ2v) is 5.29. The van der Waals surface area contributed by atoms with E-state index < -0.39 is 0 Å². The summed E-state index contributed by atoms with van der Waals surface area (Å²) >= 11 is 1.66. The highest BCUT2D eigenvalue weighted by Gasteiger charge is 2.03. The Kier molecular flexibility index (Phi) is 3.69. The van der Waals surface area contributed by atoms with Crippen molar-refractivity contribution in [2.75, 3.05) is 0 Å². The van der Waals surface area contributed by atoms with Crippen molar-refractivity contribution in [1.29, 1.82) is 0 Å². The Morgan fingerprint density at radius 2 is 1.75 bits per heavy atom. The van der Waals surface area contributed by atoms with E-state index in [9.17, 15) is 5.11 Å². The number of aromatic hydroxyl groups is 1. The van der Waals surface area contributed by atoms with Gasteiger partial charge in [0.25, 0.3) is 0 Å². The molecule has 0 spiro atoms. The van der Waals surface area contributed by atoms with Gasteiger partial charge in [-0.05, 0) is 36.4 Å². The minimum Gasteiger partial charge on any atom is -0.508 e. The normalized spacial score (nSPS) is 10.6. The Bertz CT molecular complexity index is 680. The van der Waals surface area contributed by atoms with Gasteiger partial charge in [-0.25, -0.2) is 0 Å². The van der Waals surface area contributed by atoms with E-state index in [0.29, 0.717) is 0 Å². The summed E-state index contributed by atoms with van der Waals surface area (Å²) < 4.78 is 0. The van der Waals surface area contributed by atoms with Crippen LogP contribution in [-0.2, 0) is 5.75 Å². The first-order valence-corrected chi connectivity index (χ1v) is 7.18. The number of hydrogen-bond donors (Lipinski definition) is 1. The summed E-state index contributed by atoms with van der Waals surface area (Å²) in [6.07, 6.45) is 1.78. The molecular formula is C15H13N3OS. The largest absolute Gasteiger partial charge is 0.508 e. The third-order valence-electron chi connectivity index (χ3n) is 2.75. The summed E-state index contributed by atoms with van der Waals surface area (Å²) in [6.45, 7) is 0. The van der Waals surface area contributed by atoms with Crippen LogP contribution in [0.2, 0.25) is 0 Å². The van der Waals surface area contributed by atoms with Crippen molar-refractivity contribution < 1.29 is 5.11 Å². The van der Waals surface area contributed by atoms with Crippen LogP contribution in [0.5, 0.6) is 5.75 Å². The van der Waals surface area contributed by atoms with Crippen molar-refractivity contribution in [3.05, 3.63) is 66.5 Å². The standard InChI is InChI=1S/C15H13N3OS/c19-14-6-8-15(9-7-14)20-11-12-10-16-18(17-12)13-4-2-1-3-5-13/h1-10,19H,11H2. The Hall–Kier alpha value is -2.27. The van der Waals surface area contributed by atoms with Crippen LogP contribution in [0.25, 0.3) is 5.69 Å². The molecule has 0 saturated heterocycles. The third-order valence-corrected chi connectivity index (χ3v) is 3.80. The summed E-state index contributed by atoms with van der Waals surface area (Å²) in [5.74, 6) is 1.03. The fourth-order valence-corrected chi connectivity index (χ4v) is 2.52. The Balaban J connectivity index is 1.67. The zero-order valence-corrected chi connectivity index (χ0v) is 11.5. The zero-order chi connectivity index (χ0) is 13.8. The van der Waals surface area contributed by atoms with Crippen LogP contribution in [0.15, 0.2) is 65.7 Å². The maximum Gasteiger partial charge on any atom is 0.115 e. The number of para-hydroxylation sites is 1. The molecule has 0 radical (unpaired) electrons. The summed E-state index contributed by atoms with van der Waals surface area (Å²) in [5.41, 5.74) is 1.88. The van der Waals surface area contributed by atoms with Crippen LogP contribution < -0.4 is 0 Å². The second-order valence-electron chi connectivity index (χ2n) is 4.24. The van der Waals surface area contributed by atoms with Crippen LogP contribution in [0, 0.1) is 0 Å². The molecule has 100 valence electrons. The quantitative estimate of drug-likeness (QED) is 0.747. The highest BCUT2D eigenvalue weighted by Crippen LogP contribution is 2.23. The molecule has 1 heterocycles. The predicted octanol–water partition coefficient (Wildman–Crippen LogP) is 3.27. The summed E-state index contributed by atoms with van der Waals surface area (Å²) in [6, 6.07) is 17.0. The molecule has 0 saturated carbocycles. The van der Waals surface area contributed by atoms with Crippen molar-refractivity contribution in [1.82, 2.24) is 15.0 Å². The number of benzene rings is 2. The van der Waals surface area contributed by atoms with Gasteiger partial charge in [0.15, 0.2) is 0 Å². The molecule has 5 heteroatoms. The average Bonchev–Trinajstić information content (AvgIpc) is 2.97. The number of nitrogens with zero attached hydrogens (tertiary/aromatic N) is 3. The Morgan fingerprint density at radius 1 is 1.00 bits per heavy atom. The van der Waals surface area contributed by atoms with Gasteiger partial charge in [0, 0.05) is 10.6 Å². The van der Waals surface area contributed by atoms with Crippen molar-refractivity contribution in [3.8, 4) is 11.4 Å². The van der Waals surface area contributed by atoms with E-state index >= 15 is 0 Å². The van der Waals surface area contributed by atoms with Gasteiger partial charge in [-0.1, -0.05) is 18.2 Å². The first kappa shape index (κ1) is 12.7. The number of aromatic nitrogens is 3. The van der Waals surface area contributed by atoms with E-state index in [-0.39, 0.29) is 5.75 Å². The van der Waals surface area contributed by atoms with E-state index in [1.807, 2.05) is 42.5 Å². The van der Waals surface area contributed by atoms with Crippen LogP contribution in [-0.4, -0.2) is 20.1 Å². The van der Waals surface area contributed by atoms with Gasteiger partial charge in [-0.3, -0.25) is 0 Å². The lowest BCUT2D eigenvalue weighted by atomic mass is 10.3. The molecule has 1 N–H and O–H groups in total. The van der Waals surface area contributed by atoms with Gasteiger partial charge in [-0.2, -0.15) is 15.0 Å². The molecule has 0 fully saturated rings. The topological polar surface area (TPSA) is 50.9 Å². The van der Waals surface area contributed by atoms with E-state index in [2.05, 4.69) is 10.2 Å². The third kappa shape index (κ3) is 3.00. The molecule has 4 nitrogen and oxygen atoms in total. The lowest BCUT2D eigenvalue weighted by molar-refractivity contribution is 0.475. The fraction of sp³-hybridized carbons (Fsp3) is 0.0667. The molecule has 0 aliphatic rings. The monoisotopic (exact) mass is 283 g/mol. The van der Waals surface area contributed by atoms with Crippen LogP contribution in [0.3, 0.4) is 0 Å². The molecule has 3 rings (SSSR count). The molecule has 1 aromatic heterocycles. The molecule has 0 aliphatic carbocycles. The maximum absolute atomic E-state index is 9.24. The summed E-state index contributed by atoms with van der Waals surface area (Å²) in [7, 11) is 0. The number of hydrogen-bond acceptors (Lipinski definition) is 4. The summed E-state index contributed by atoms with van der Waals surface area (Å²) in [4.78, 5) is 2.73. The Morgan fingerprint density at radius 3 is 2.50 bits per heavy atom. The molecule has 0 bridgehead atoms. The first-order valence-electron chi connectivity index (χ1n) is 6.20. The van der Waals surface area contributed by atoms with Crippen LogP contribution >= 0.6 is 11.8 Å². The predicted molar refractivity (Wildman–Crippen MR) is 79.0 cm³/mol. The number of phenolic OH excluding ortho intramolecular Hbond substituents is 1. The molecule has 20 heavy (non-hydrogen) atoms. The molecule has 0 aliphatic heterocycles. The van der Waals surface area contributed by atoms with Crippen LogP contribution in [0.1, 0.15) is 5.69 Å². The van der Waals surface area contributed by atoms with E-state index in [1.165, 1.54) is 0 Å². The lowest BCUT2D eigenvalue weighted by Gasteiger charge is -1.99.